The Kier molecular flexibility index (Phi) is 7.21. The quantitative estimate of drug-likeness (QED) is 0.269. The van der Waals surface area contributed by atoms with Crippen molar-refractivity contribution in [2.45, 2.75) is 51.9 Å². The van der Waals surface area contributed by atoms with Crippen molar-refractivity contribution >= 4 is 40.0 Å². The molecule has 0 radical (unpaired) electrons. The number of aliphatic imine (C=N–C) groups is 1. The molecular formula is C26H36N6OS. The molecule has 5 N–H and O–H groups in total. The predicted molar refractivity (Wildman–Crippen MR) is 142 cm³/mol. The Morgan fingerprint density at radius 1 is 1.35 bits per heavy atom. The monoisotopic (exact) mass is 480 g/mol. The van der Waals surface area contributed by atoms with Crippen molar-refractivity contribution in [2.75, 3.05) is 26.7 Å². The van der Waals surface area contributed by atoms with Crippen molar-refractivity contribution < 1.29 is 4.79 Å². The van der Waals surface area contributed by atoms with E-state index >= 15 is 0 Å². The molecule has 1 aliphatic carbocycles. The van der Waals surface area contributed by atoms with Gasteiger partial charge < -0.3 is 21.2 Å². The van der Waals surface area contributed by atoms with Gasteiger partial charge in [0.15, 0.2) is 5.82 Å². The van der Waals surface area contributed by atoms with Crippen LogP contribution in [0.3, 0.4) is 0 Å². The van der Waals surface area contributed by atoms with Crippen molar-refractivity contribution in [1.29, 1.82) is 0 Å². The second-order valence-corrected chi connectivity index (χ2v) is 11.0. The van der Waals surface area contributed by atoms with E-state index < -0.39 is 0 Å². The van der Waals surface area contributed by atoms with Gasteiger partial charge in [0.25, 0.3) is 0 Å². The summed E-state index contributed by atoms with van der Waals surface area (Å²) in [7, 11) is 1.50. The average molecular weight is 481 g/mol. The highest BCUT2D eigenvalue weighted by Gasteiger charge is 2.48. The van der Waals surface area contributed by atoms with Crippen LogP contribution in [0.4, 0.5) is 5.82 Å². The first kappa shape index (κ1) is 24.6. The van der Waals surface area contributed by atoms with Crippen LogP contribution in [0.15, 0.2) is 23.3 Å². The van der Waals surface area contributed by atoms with Crippen LogP contribution in [0.25, 0.3) is 21.5 Å². The van der Waals surface area contributed by atoms with Crippen molar-refractivity contribution in [3.63, 3.8) is 0 Å². The fourth-order valence-corrected chi connectivity index (χ4v) is 7.23. The van der Waals surface area contributed by atoms with Crippen molar-refractivity contribution in [2.24, 2.45) is 21.9 Å². The van der Waals surface area contributed by atoms with Gasteiger partial charge in [0.2, 0.25) is 0 Å². The van der Waals surface area contributed by atoms with E-state index in [0.29, 0.717) is 29.6 Å². The highest BCUT2D eigenvalue weighted by atomic mass is 32.1. The molecule has 1 aliphatic heterocycles. The van der Waals surface area contributed by atoms with Gasteiger partial charge in [0.05, 0.1) is 28.8 Å². The fourth-order valence-electron chi connectivity index (χ4n) is 5.78. The Morgan fingerprint density at radius 2 is 2.12 bits per heavy atom. The number of nitrogens with one attached hydrogen (secondary N) is 1. The first-order chi connectivity index (χ1) is 16.4. The molecule has 1 unspecified atom stereocenters. The molecule has 0 aromatic carbocycles. The Labute approximate surface area is 205 Å². The fraction of sp³-hybridized carbons (Fsp3) is 0.500. The summed E-state index contributed by atoms with van der Waals surface area (Å²) >= 11 is 1.97. The van der Waals surface area contributed by atoms with Crippen LogP contribution in [0, 0.1) is 12.3 Å². The number of pyridine rings is 1. The zero-order chi connectivity index (χ0) is 24.5. The number of aryl methyl sites for hydroxylation is 1. The number of carbonyl (C=O) groups is 1. The lowest BCUT2D eigenvalue weighted by Crippen LogP contribution is -2.55. The SMILES string of the molecule is CN.Cc1cc(-c2[nH]c3cc(C4CCC5(C4)CN(CC=O)C5)sc3c2C(C)C)cnc1N=CN. The number of hydrogen-bond acceptors (Lipinski definition) is 6. The Bertz CT molecular complexity index is 1190. The number of fused-ring (bicyclic) bond motifs is 1. The van der Waals surface area contributed by atoms with Gasteiger partial charge in [-0.25, -0.2) is 9.98 Å². The molecule has 2 fully saturated rings. The maximum atomic E-state index is 10.8. The summed E-state index contributed by atoms with van der Waals surface area (Å²) in [5.74, 6) is 1.71. The third kappa shape index (κ3) is 4.42. The summed E-state index contributed by atoms with van der Waals surface area (Å²) in [6.07, 6.45) is 8.00. The smallest absolute Gasteiger partial charge is 0.156 e. The number of nitrogens with two attached hydrogens (primary N) is 2. The number of aromatic amines is 1. The van der Waals surface area contributed by atoms with Crippen LogP contribution < -0.4 is 11.5 Å². The van der Waals surface area contributed by atoms with Crippen molar-refractivity contribution in [3.05, 3.63) is 34.3 Å². The van der Waals surface area contributed by atoms with E-state index in [1.807, 2.05) is 24.5 Å². The molecule has 0 amide bonds. The van der Waals surface area contributed by atoms with E-state index in [1.165, 1.54) is 53.3 Å². The van der Waals surface area contributed by atoms with Gasteiger partial charge in [-0.15, -0.1) is 11.3 Å². The summed E-state index contributed by atoms with van der Waals surface area (Å²) in [4.78, 5) is 26.9. The van der Waals surface area contributed by atoms with E-state index in [4.69, 9.17) is 5.73 Å². The topological polar surface area (TPSA) is 113 Å². The molecular weight excluding hydrogens is 444 g/mol. The van der Waals surface area contributed by atoms with Crippen LogP contribution in [0.2, 0.25) is 0 Å². The highest BCUT2D eigenvalue weighted by Crippen LogP contribution is 2.53. The molecule has 5 rings (SSSR count). The molecule has 3 aromatic heterocycles. The van der Waals surface area contributed by atoms with E-state index in [1.54, 1.807) is 0 Å². The predicted octanol–water partition coefficient (Wildman–Crippen LogP) is 4.69. The van der Waals surface area contributed by atoms with E-state index in [-0.39, 0.29) is 0 Å². The number of nitrogens with zero attached hydrogens (tertiary/aromatic N) is 3. The van der Waals surface area contributed by atoms with Gasteiger partial charge in [0.1, 0.15) is 6.29 Å². The number of carbonyl (C=O) groups excluding carboxylic acids is 1. The van der Waals surface area contributed by atoms with Crippen molar-refractivity contribution in [1.82, 2.24) is 14.9 Å². The number of H-pyrrole nitrogens is 1. The minimum atomic E-state index is 0.408. The average Bonchev–Trinajstić information content (AvgIpc) is 3.49. The zero-order valence-corrected chi connectivity index (χ0v) is 21.4. The largest absolute Gasteiger partial charge is 0.390 e. The molecule has 1 saturated carbocycles. The standard InChI is InChI=1S/C25H31N5OS.CH5N/c1-15(2)21-22(18-8-16(3)24(27-11-18)28-14-26)29-19-9-20(32-23(19)21)17-4-5-25(10-17)12-30(13-25)6-7-31;1-2/h7-9,11,14-15,17,29H,4-6,10,12-13H2,1-3H3,(H2,26,27,28);2H2,1H3. The van der Waals surface area contributed by atoms with E-state index in [9.17, 15) is 4.79 Å². The van der Waals surface area contributed by atoms with Gasteiger partial charge in [-0.05, 0) is 73.7 Å². The lowest BCUT2D eigenvalue weighted by Gasteiger charge is -2.47. The maximum absolute atomic E-state index is 10.8. The number of thiophene rings is 1. The second kappa shape index (κ2) is 9.98. The first-order valence-corrected chi connectivity index (χ1v) is 12.8. The molecule has 182 valence electrons. The molecule has 1 saturated heterocycles. The number of aromatic nitrogens is 2. The number of rotatable bonds is 6. The lowest BCUT2D eigenvalue weighted by atomic mass is 9.77. The van der Waals surface area contributed by atoms with Gasteiger partial charge in [-0.1, -0.05) is 13.8 Å². The molecule has 8 heteroatoms. The van der Waals surface area contributed by atoms with Gasteiger partial charge >= 0.3 is 0 Å². The van der Waals surface area contributed by atoms with Crippen LogP contribution in [-0.4, -0.2) is 54.2 Å². The molecule has 34 heavy (non-hydrogen) atoms. The van der Waals surface area contributed by atoms with Crippen LogP contribution >= 0.6 is 11.3 Å². The first-order valence-electron chi connectivity index (χ1n) is 12.0. The van der Waals surface area contributed by atoms with Crippen LogP contribution in [-0.2, 0) is 4.79 Å². The Morgan fingerprint density at radius 3 is 2.76 bits per heavy atom. The highest BCUT2D eigenvalue weighted by molar-refractivity contribution is 7.19. The third-order valence-corrected chi connectivity index (χ3v) is 8.52. The lowest BCUT2D eigenvalue weighted by molar-refractivity contribution is -0.112. The van der Waals surface area contributed by atoms with E-state index in [0.717, 1.165) is 36.2 Å². The summed E-state index contributed by atoms with van der Waals surface area (Å²) in [6.45, 7) is 9.30. The molecule has 2 aliphatic rings. The van der Waals surface area contributed by atoms with Gasteiger partial charge in [-0.3, -0.25) is 4.90 Å². The van der Waals surface area contributed by atoms with Crippen LogP contribution in [0.1, 0.15) is 60.9 Å². The molecule has 1 atom stereocenters. The maximum Gasteiger partial charge on any atom is 0.156 e. The summed E-state index contributed by atoms with van der Waals surface area (Å²) in [5, 5.41) is 0. The Balaban J connectivity index is 0.00000133. The molecule has 1 spiro atoms. The molecule has 4 heterocycles. The third-order valence-electron chi connectivity index (χ3n) is 7.19. The molecule has 7 nitrogen and oxygen atoms in total. The van der Waals surface area contributed by atoms with Crippen LogP contribution in [0.5, 0.6) is 0 Å². The molecule has 3 aromatic rings. The number of hydrogen-bond donors (Lipinski definition) is 3. The number of likely N-dealkylation sites (tertiary alicyclic amines) is 1. The summed E-state index contributed by atoms with van der Waals surface area (Å²) in [6, 6.07) is 4.52. The minimum absolute atomic E-state index is 0.408. The number of aldehydes is 1. The minimum Gasteiger partial charge on any atom is -0.390 e. The van der Waals surface area contributed by atoms with E-state index in [2.05, 4.69) is 51.6 Å². The summed E-state index contributed by atoms with van der Waals surface area (Å²) < 4.78 is 1.38. The van der Waals surface area contributed by atoms with Crippen molar-refractivity contribution in [3.8, 4) is 11.3 Å². The van der Waals surface area contributed by atoms with Gasteiger partial charge in [-0.2, -0.15) is 0 Å². The Hall–Kier alpha value is -2.55. The zero-order valence-electron chi connectivity index (χ0n) is 20.6. The normalized spacial score (nSPS) is 19.6. The van der Waals surface area contributed by atoms with Gasteiger partial charge in [0, 0.05) is 29.7 Å². The summed E-state index contributed by atoms with van der Waals surface area (Å²) in [5.41, 5.74) is 16.3. The second-order valence-electron chi connectivity index (χ2n) is 9.88. The molecule has 0 bridgehead atoms.